The number of β-lactam (4-membered cyclic amide) rings is 1. The number of nitrogen functional groups attached to an aromatic ring is 1. The van der Waals surface area contributed by atoms with E-state index in [1.165, 1.54) is 40.3 Å². The summed E-state index contributed by atoms with van der Waals surface area (Å²) in [4.78, 5) is 63.8. The maximum atomic E-state index is 13.9. The fraction of sp³-hybridized carbons (Fsp3) is 0.429. The van der Waals surface area contributed by atoms with Gasteiger partial charge in [0.05, 0.1) is 36.2 Å². The first-order valence-corrected chi connectivity index (χ1v) is 18.8. The van der Waals surface area contributed by atoms with Crippen LogP contribution in [0.1, 0.15) is 44.9 Å². The number of aliphatic hydroxyl groups is 1. The van der Waals surface area contributed by atoms with Crippen LogP contribution in [0.15, 0.2) is 57.6 Å². The molecule has 2 fully saturated rings. The number of aliphatic carboxylic acids is 1. The number of carbonyl (C=O) groups excluding carboxylic acids is 2. The van der Waals surface area contributed by atoms with Gasteiger partial charge in [-0.15, -0.1) is 23.1 Å². The number of thiazole rings is 1. The van der Waals surface area contributed by atoms with E-state index in [9.17, 15) is 39.6 Å². The number of nitrogens with two attached hydrogens (primary N) is 1. The van der Waals surface area contributed by atoms with Crippen LogP contribution in [0.4, 0.5) is 5.13 Å². The molecule has 0 radical (unpaired) electrons. The third-order valence-electron chi connectivity index (χ3n) is 9.92. The van der Waals surface area contributed by atoms with Crippen LogP contribution in [0.2, 0.25) is 0 Å². The molecule has 0 spiro atoms. The number of hydrogen-bond acceptors (Lipinski definition) is 13. The summed E-state index contributed by atoms with van der Waals surface area (Å²) < 4.78 is 2.21. The molecule has 16 nitrogen and oxygen atoms in total. The van der Waals surface area contributed by atoms with Crippen LogP contribution >= 0.6 is 23.1 Å². The van der Waals surface area contributed by atoms with Gasteiger partial charge in [-0.25, -0.2) is 9.78 Å². The van der Waals surface area contributed by atoms with Gasteiger partial charge in [0.2, 0.25) is 0 Å². The van der Waals surface area contributed by atoms with E-state index >= 15 is 0 Å². The molecule has 2 aromatic heterocycles. The largest absolute Gasteiger partial charge is 0.504 e. The molecule has 2 atom stereocenters. The predicted octanol–water partition coefficient (Wildman–Crippen LogP) is 2.07. The van der Waals surface area contributed by atoms with Gasteiger partial charge in [-0.2, -0.15) is 0 Å². The molecule has 53 heavy (non-hydrogen) atoms. The minimum atomic E-state index is -1.34. The Morgan fingerprint density at radius 2 is 1.92 bits per heavy atom. The monoisotopic (exact) mass is 768 g/mol. The Morgan fingerprint density at radius 1 is 1.23 bits per heavy atom. The summed E-state index contributed by atoms with van der Waals surface area (Å²) in [6.45, 7) is 10.9. The minimum Gasteiger partial charge on any atom is -0.504 e. The number of aromatic hydroxyl groups is 2. The molecular weight excluding hydrogens is 727 g/mol. The van der Waals surface area contributed by atoms with E-state index in [-0.39, 0.29) is 57.6 Å². The highest BCUT2D eigenvalue weighted by molar-refractivity contribution is 8.01. The number of anilines is 1. The molecule has 6 rings (SSSR count). The van der Waals surface area contributed by atoms with Crippen LogP contribution < -0.4 is 16.5 Å². The van der Waals surface area contributed by atoms with E-state index < -0.39 is 46.7 Å². The smallest absolute Gasteiger partial charge is 0.352 e. The van der Waals surface area contributed by atoms with Crippen molar-refractivity contribution in [1.29, 1.82) is 0 Å². The summed E-state index contributed by atoms with van der Waals surface area (Å²) >= 11 is 2.33. The summed E-state index contributed by atoms with van der Waals surface area (Å²) in [7, 11) is 0. The molecule has 3 aliphatic heterocycles. The van der Waals surface area contributed by atoms with Crippen molar-refractivity contribution in [3.63, 3.8) is 0 Å². The molecule has 0 saturated carbocycles. The fourth-order valence-electron chi connectivity index (χ4n) is 7.20. The van der Waals surface area contributed by atoms with E-state index in [4.69, 9.17) is 10.6 Å². The highest BCUT2D eigenvalue weighted by atomic mass is 32.2. The number of phenolic OH excluding ortho intramolecular Hbond substituents is 2. The summed E-state index contributed by atoms with van der Waals surface area (Å²) in [5.74, 6) is -3.32. The van der Waals surface area contributed by atoms with Crippen molar-refractivity contribution in [1.82, 2.24) is 19.8 Å². The molecule has 0 bridgehead atoms. The number of amides is 2. The van der Waals surface area contributed by atoms with Gasteiger partial charge in [0.25, 0.3) is 11.8 Å². The van der Waals surface area contributed by atoms with Crippen molar-refractivity contribution < 1.29 is 44.1 Å². The number of aromatic nitrogens is 2. The van der Waals surface area contributed by atoms with Gasteiger partial charge in [0.15, 0.2) is 33.4 Å². The number of oxime groups is 1. The quantitative estimate of drug-likeness (QED) is 0.0367. The number of fused-ring (bicyclic) bond motifs is 2. The standard InChI is InChI=1S/C35H41N7O9S2/c1-5-35-29(38-30(47)26(22-17-52-33(36)37-22)39-51-34(3,4)18-43)31(48)41(35)27(32(49)50)20(16-53-35)15-42(9-7-8-10-42)14-19-13-40(6-2)23-12-25(45)24(44)11-21(23)28(19)46/h5,11-13,17,29,43H,1,6-10,14-16,18H2,2-4H3,(H5-,36,37,38,39,44,45,46,47,49,50)/p+1. The molecule has 7 N–H and O–H groups in total. The van der Waals surface area contributed by atoms with E-state index in [0.29, 0.717) is 40.8 Å². The Morgan fingerprint density at radius 3 is 2.53 bits per heavy atom. The normalized spacial score (nSPS) is 21.4. The first-order valence-electron chi connectivity index (χ1n) is 17.0. The van der Waals surface area contributed by atoms with E-state index in [2.05, 4.69) is 22.0 Å². The number of pyridine rings is 1. The zero-order valence-corrected chi connectivity index (χ0v) is 31.1. The number of phenols is 2. The first-order chi connectivity index (χ1) is 25.1. The number of carbonyl (C=O) groups is 3. The number of nitrogens with one attached hydrogen (secondary N) is 1. The van der Waals surface area contributed by atoms with Crippen molar-refractivity contribution in [3.05, 3.63) is 69.1 Å². The lowest BCUT2D eigenvalue weighted by Gasteiger charge is -2.57. The Balaban J connectivity index is 1.31. The van der Waals surface area contributed by atoms with E-state index in [0.717, 1.165) is 24.2 Å². The average Bonchev–Trinajstić information content (AvgIpc) is 3.77. The maximum Gasteiger partial charge on any atom is 0.352 e. The van der Waals surface area contributed by atoms with Gasteiger partial charge in [-0.3, -0.25) is 19.3 Å². The van der Waals surface area contributed by atoms with Gasteiger partial charge in [0.1, 0.15) is 35.4 Å². The first kappa shape index (κ1) is 37.8. The summed E-state index contributed by atoms with van der Waals surface area (Å²) in [6.07, 6.45) is 4.91. The highest BCUT2D eigenvalue weighted by Crippen LogP contribution is 2.51. The minimum absolute atomic E-state index is 0.0893. The number of rotatable bonds is 13. The molecule has 0 aliphatic carbocycles. The highest BCUT2D eigenvalue weighted by Gasteiger charge is 2.64. The number of benzene rings is 1. The maximum absolute atomic E-state index is 13.9. The molecule has 2 unspecified atom stereocenters. The second kappa shape index (κ2) is 14.1. The van der Waals surface area contributed by atoms with Gasteiger partial charge >= 0.3 is 5.97 Å². The third kappa shape index (κ3) is 6.75. The average molecular weight is 769 g/mol. The molecular formula is C35H42N7O9S2+. The number of likely N-dealkylation sites (tertiary alicyclic amines) is 1. The van der Waals surface area contributed by atoms with E-state index in [1.807, 2.05) is 11.5 Å². The Kier molecular flexibility index (Phi) is 10.1. The van der Waals surface area contributed by atoms with Crippen molar-refractivity contribution >= 4 is 62.6 Å². The van der Waals surface area contributed by atoms with Gasteiger partial charge in [-0.05, 0) is 26.8 Å². The molecule has 3 aliphatic rings. The molecule has 3 aromatic rings. The number of nitrogens with zero attached hydrogens (tertiary/aromatic N) is 5. The van der Waals surface area contributed by atoms with Crippen LogP contribution in [0, 0.1) is 0 Å². The fourth-order valence-corrected chi connectivity index (χ4v) is 9.13. The van der Waals surface area contributed by atoms with Crippen molar-refractivity contribution in [2.24, 2.45) is 5.16 Å². The Hall–Kier alpha value is -4.91. The summed E-state index contributed by atoms with van der Waals surface area (Å²) in [6, 6.07) is 1.42. The number of hydrogen-bond donors (Lipinski definition) is 6. The molecule has 2 amide bonds. The van der Waals surface area contributed by atoms with Crippen LogP contribution in [-0.4, -0.2) is 111 Å². The molecule has 18 heteroatoms. The number of aliphatic hydroxyl groups excluding tert-OH is 1. The number of carboxylic acid groups (broad SMARTS) is 1. The molecule has 2 saturated heterocycles. The number of carboxylic acids is 1. The van der Waals surface area contributed by atoms with Crippen LogP contribution in [0.5, 0.6) is 11.5 Å². The Labute approximate surface area is 312 Å². The van der Waals surface area contributed by atoms with Gasteiger partial charge < -0.3 is 45.4 Å². The number of thioether (sulfide) groups is 1. The van der Waals surface area contributed by atoms with Gasteiger partial charge in [0, 0.05) is 48.4 Å². The zero-order valence-electron chi connectivity index (χ0n) is 29.5. The lowest BCUT2D eigenvalue weighted by molar-refractivity contribution is -0.925. The van der Waals surface area contributed by atoms with E-state index in [1.54, 1.807) is 20.0 Å². The second-order valence-electron chi connectivity index (χ2n) is 14.0. The molecule has 1 aromatic carbocycles. The molecule has 282 valence electrons. The van der Waals surface area contributed by atoms with Crippen LogP contribution in [-0.2, 0) is 32.3 Å². The lowest BCUT2D eigenvalue weighted by atomic mass is 9.90. The number of quaternary nitrogens is 1. The SMILES string of the molecule is C=CC12SCC(C[N+]3(Cc4cn(CC)c5cc(O)c(O)cc5c4=O)CCCC3)=C(C(=O)O)N1C(=O)C2NC(=O)C(=NOC(C)(C)CO)c1csc(N)n1. The summed E-state index contributed by atoms with van der Waals surface area (Å²) in [5, 5.41) is 49.1. The van der Waals surface area contributed by atoms with Crippen LogP contribution in [0.25, 0.3) is 10.9 Å². The Bertz CT molecular complexity index is 2140. The van der Waals surface area contributed by atoms with Crippen molar-refractivity contribution in [2.45, 2.75) is 63.2 Å². The van der Waals surface area contributed by atoms with Crippen molar-refractivity contribution in [2.75, 3.05) is 37.7 Å². The molecule has 5 heterocycles. The topological polar surface area (TPSA) is 230 Å². The second-order valence-corrected chi connectivity index (χ2v) is 16.2. The zero-order chi connectivity index (χ0) is 38.5. The summed E-state index contributed by atoms with van der Waals surface area (Å²) in [5.41, 5.74) is 5.47. The lowest BCUT2D eigenvalue weighted by Crippen LogP contribution is -2.78. The number of aryl methyl sites for hydroxylation is 1. The van der Waals surface area contributed by atoms with Crippen LogP contribution in [0.3, 0.4) is 0 Å². The predicted molar refractivity (Wildman–Crippen MR) is 199 cm³/mol. The van der Waals surface area contributed by atoms with Gasteiger partial charge in [-0.1, -0.05) is 17.8 Å². The van der Waals surface area contributed by atoms with Crippen molar-refractivity contribution in [3.8, 4) is 11.5 Å². The third-order valence-corrected chi connectivity index (χ3v) is 12.1.